The van der Waals surface area contributed by atoms with Crippen LogP contribution in [-0.4, -0.2) is 11.0 Å². The molecule has 98 valence electrons. The van der Waals surface area contributed by atoms with Gasteiger partial charge in [0.15, 0.2) is 0 Å². The summed E-state index contributed by atoms with van der Waals surface area (Å²) in [7, 11) is 0. The molecule has 18 heavy (non-hydrogen) atoms. The zero-order chi connectivity index (χ0) is 13.1. The van der Waals surface area contributed by atoms with Gasteiger partial charge in [0, 0.05) is 12.0 Å². The van der Waals surface area contributed by atoms with E-state index in [0.29, 0.717) is 11.5 Å². The number of carbonyl (C=O) groups excluding carboxylic acids is 1. The number of fused-ring (bicyclic) bond motifs is 2. The van der Waals surface area contributed by atoms with E-state index < -0.39 is 5.06 Å². The monoisotopic (exact) mass is 266 g/mol. The number of alkyl halides is 1. The number of halogens is 1. The Hall–Kier alpha value is -0.760. The smallest absolute Gasteiger partial charge is 0.335 e. The maximum atomic E-state index is 11.8. The zero-order valence-electron chi connectivity index (χ0n) is 11.0. The minimum absolute atomic E-state index is 0.130. The topological polar surface area (TPSA) is 26.3 Å². The number of ether oxygens (including phenoxy) is 1. The minimum atomic E-state index is -0.871. The Kier molecular flexibility index (Phi) is 2.48. The van der Waals surface area contributed by atoms with E-state index in [4.69, 9.17) is 16.3 Å². The standard InChI is InChI=1S/C15H19ClO2/c1-9-5-4-6-14(3)8-15(16)12(7-11(9)14)10(2)13(17)18-15/h11H,1,4-8H2,2-3H3/t11-,14+,15?/m1/s1. The number of hydrogen-bond acceptors (Lipinski definition) is 2. The highest BCUT2D eigenvalue weighted by atomic mass is 35.5. The van der Waals surface area contributed by atoms with Gasteiger partial charge in [-0.1, -0.05) is 30.7 Å². The fourth-order valence-corrected chi connectivity index (χ4v) is 4.62. The van der Waals surface area contributed by atoms with Crippen LogP contribution >= 0.6 is 11.6 Å². The fraction of sp³-hybridized carbons (Fsp3) is 0.667. The quantitative estimate of drug-likeness (QED) is 0.377. The van der Waals surface area contributed by atoms with E-state index in [0.717, 1.165) is 31.3 Å². The third-order valence-electron chi connectivity index (χ3n) is 5.08. The summed E-state index contributed by atoms with van der Waals surface area (Å²) >= 11 is 6.59. The summed E-state index contributed by atoms with van der Waals surface area (Å²) in [5.74, 6) is 0.213. The predicted octanol–water partition coefficient (Wildman–Crippen LogP) is 3.95. The van der Waals surface area contributed by atoms with Gasteiger partial charge in [-0.25, -0.2) is 4.79 Å². The summed E-state index contributed by atoms with van der Waals surface area (Å²) < 4.78 is 5.44. The largest absolute Gasteiger partial charge is 0.436 e. The van der Waals surface area contributed by atoms with Crippen LogP contribution < -0.4 is 0 Å². The van der Waals surface area contributed by atoms with Crippen molar-refractivity contribution in [3.8, 4) is 0 Å². The van der Waals surface area contributed by atoms with Crippen LogP contribution in [0.1, 0.15) is 46.0 Å². The molecule has 1 unspecified atom stereocenters. The molecular formula is C15H19ClO2. The van der Waals surface area contributed by atoms with Crippen LogP contribution in [0.2, 0.25) is 0 Å². The lowest BCUT2D eigenvalue weighted by molar-refractivity contribution is -0.144. The number of rotatable bonds is 0. The van der Waals surface area contributed by atoms with E-state index in [-0.39, 0.29) is 11.4 Å². The first kappa shape index (κ1) is 12.3. The normalized spacial score (nSPS) is 43.6. The van der Waals surface area contributed by atoms with Gasteiger partial charge in [-0.2, -0.15) is 0 Å². The summed E-state index contributed by atoms with van der Waals surface area (Å²) in [6.45, 7) is 8.33. The first-order valence-electron chi connectivity index (χ1n) is 6.66. The van der Waals surface area contributed by atoms with Gasteiger partial charge in [0.05, 0.1) is 0 Å². The number of allylic oxidation sites excluding steroid dienone is 1. The lowest BCUT2D eigenvalue weighted by atomic mass is 9.57. The van der Waals surface area contributed by atoms with Gasteiger partial charge < -0.3 is 4.74 Å². The van der Waals surface area contributed by atoms with Gasteiger partial charge in [-0.05, 0) is 49.5 Å². The van der Waals surface area contributed by atoms with Crippen LogP contribution in [0.25, 0.3) is 0 Å². The molecule has 0 aromatic carbocycles. The summed E-state index contributed by atoms with van der Waals surface area (Å²) in [6, 6.07) is 0. The molecule has 3 heteroatoms. The number of carbonyl (C=O) groups is 1. The van der Waals surface area contributed by atoms with Gasteiger partial charge in [0.1, 0.15) is 0 Å². The Morgan fingerprint density at radius 2 is 2.22 bits per heavy atom. The summed E-state index contributed by atoms with van der Waals surface area (Å²) in [5.41, 5.74) is 3.16. The molecule has 1 aliphatic heterocycles. The lowest BCUT2D eigenvalue weighted by Gasteiger charge is -2.50. The van der Waals surface area contributed by atoms with Crippen molar-refractivity contribution in [1.29, 1.82) is 0 Å². The molecule has 2 aliphatic carbocycles. The molecule has 0 amide bonds. The third kappa shape index (κ3) is 1.51. The van der Waals surface area contributed by atoms with E-state index in [9.17, 15) is 4.79 Å². The van der Waals surface area contributed by atoms with Crippen LogP contribution in [0, 0.1) is 11.3 Å². The molecule has 3 atom stereocenters. The second-order valence-corrected chi connectivity index (χ2v) is 6.93. The molecule has 0 spiro atoms. The van der Waals surface area contributed by atoms with Gasteiger partial charge in [-0.15, -0.1) is 0 Å². The Morgan fingerprint density at radius 1 is 1.50 bits per heavy atom. The van der Waals surface area contributed by atoms with E-state index in [2.05, 4.69) is 13.5 Å². The number of esters is 1. The molecule has 2 fully saturated rings. The first-order chi connectivity index (χ1) is 8.36. The molecule has 0 aromatic heterocycles. The van der Waals surface area contributed by atoms with Crippen molar-refractivity contribution < 1.29 is 9.53 Å². The zero-order valence-corrected chi connectivity index (χ0v) is 11.8. The lowest BCUT2D eigenvalue weighted by Crippen LogP contribution is -2.45. The highest BCUT2D eigenvalue weighted by Gasteiger charge is 2.56. The molecule has 2 saturated carbocycles. The highest BCUT2D eigenvalue weighted by Crippen LogP contribution is 2.60. The molecule has 0 radical (unpaired) electrons. The molecular weight excluding hydrogens is 248 g/mol. The highest BCUT2D eigenvalue weighted by molar-refractivity contribution is 6.27. The van der Waals surface area contributed by atoms with Crippen molar-refractivity contribution in [2.24, 2.45) is 11.3 Å². The van der Waals surface area contributed by atoms with Crippen LogP contribution in [-0.2, 0) is 9.53 Å². The SMILES string of the molecule is C=C1CCC[C@@]2(C)CC3(Cl)OC(=O)C(C)=C3C[C@H]12. The Bertz CT molecular complexity index is 479. The minimum Gasteiger partial charge on any atom is -0.436 e. The van der Waals surface area contributed by atoms with Gasteiger partial charge in [-0.3, -0.25) is 0 Å². The Labute approximate surface area is 113 Å². The molecule has 0 saturated heterocycles. The van der Waals surface area contributed by atoms with Crippen LogP contribution in [0.5, 0.6) is 0 Å². The summed E-state index contributed by atoms with van der Waals surface area (Å²) in [5, 5.41) is -0.871. The molecule has 3 rings (SSSR count). The summed E-state index contributed by atoms with van der Waals surface area (Å²) in [4.78, 5) is 11.8. The molecule has 0 bridgehead atoms. The first-order valence-corrected chi connectivity index (χ1v) is 7.04. The van der Waals surface area contributed by atoms with Crippen molar-refractivity contribution in [3.63, 3.8) is 0 Å². The number of hydrogen-bond donors (Lipinski definition) is 0. The third-order valence-corrected chi connectivity index (χ3v) is 5.52. The Morgan fingerprint density at radius 3 is 2.94 bits per heavy atom. The Balaban J connectivity index is 2.04. The van der Waals surface area contributed by atoms with Gasteiger partial charge >= 0.3 is 5.97 Å². The van der Waals surface area contributed by atoms with E-state index in [1.807, 2.05) is 6.92 Å². The summed E-state index contributed by atoms with van der Waals surface area (Å²) in [6.07, 6.45) is 5.00. The van der Waals surface area contributed by atoms with Gasteiger partial charge in [0.25, 0.3) is 0 Å². The van der Waals surface area contributed by atoms with Crippen molar-refractivity contribution in [3.05, 3.63) is 23.3 Å². The predicted molar refractivity (Wildman–Crippen MR) is 71.2 cm³/mol. The van der Waals surface area contributed by atoms with Crippen LogP contribution in [0.4, 0.5) is 0 Å². The fourth-order valence-electron chi connectivity index (χ4n) is 4.02. The van der Waals surface area contributed by atoms with Crippen molar-refractivity contribution in [2.45, 2.75) is 51.0 Å². The van der Waals surface area contributed by atoms with Gasteiger partial charge in [0.2, 0.25) is 5.06 Å². The van der Waals surface area contributed by atoms with Crippen molar-refractivity contribution in [2.75, 3.05) is 0 Å². The average Bonchev–Trinajstić information content (AvgIpc) is 2.46. The van der Waals surface area contributed by atoms with E-state index >= 15 is 0 Å². The maximum Gasteiger partial charge on any atom is 0.335 e. The molecule has 2 nitrogen and oxygen atoms in total. The van der Waals surface area contributed by atoms with E-state index in [1.165, 1.54) is 12.0 Å². The second-order valence-electron chi connectivity index (χ2n) is 6.32. The average molecular weight is 267 g/mol. The molecule has 3 aliphatic rings. The van der Waals surface area contributed by atoms with Crippen LogP contribution in [0.15, 0.2) is 23.3 Å². The van der Waals surface area contributed by atoms with Crippen molar-refractivity contribution >= 4 is 17.6 Å². The molecule has 0 aromatic rings. The molecule has 1 heterocycles. The van der Waals surface area contributed by atoms with E-state index in [1.54, 1.807) is 0 Å². The van der Waals surface area contributed by atoms with Crippen LogP contribution in [0.3, 0.4) is 0 Å². The maximum absolute atomic E-state index is 11.8. The molecule has 0 N–H and O–H groups in total. The second kappa shape index (κ2) is 3.63. The van der Waals surface area contributed by atoms with Crippen molar-refractivity contribution in [1.82, 2.24) is 0 Å².